The quantitative estimate of drug-likeness (QED) is 0.641. The smallest absolute Gasteiger partial charge is 0.223 e. The van der Waals surface area contributed by atoms with Crippen LogP contribution in [0.1, 0.15) is 27.2 Å². The maximum Gasteiger partial charge on any atom is 0.223 e. The lowest BCUT2D eigenvalue weighted by Crippen LogP contribution is -2.56. The van der Waals surface area contributed by atoms with Crippen LogP contribution in [0.4, 0.5) is 0 Å². The molecule has 18 heavy (non-hydrogen) atoms. The number of carbonyl (C=O) groups excluding carboxylic acids is 1. The second-order valence-corrected chi connectivity index (χ2v) is 6.69. The van der Waals surface area contributed by atoms with Crippen molar-refractivity contribution in [3.05, 3.63) is 0 Å². The Morgan fingerprint density at radius 2 is 1.61 bits per heavy atom. The van der Waals surface area contributed by atoms with Gasteiger partial charge >= 0.3 is 0 Å². The molecule has 1 aliphatic carbocycles. The molecule has 5 heteroatoms. The third-order valence-electron chi connectivity index (χ3n) is 5.82. The molecule has 5 rings (SSSR count). The summed E-state index contributed by atoms with van der Waals surface area (Å²) < 4.78 is 18.4. The fourth-order valence-electron chi connectivity index (χ4n) is 5.59. The summed E-state index contributed by atoms with van der Waals surface area (Å²) in [5.41, 5.74) is 0. The molecule has 1 amide bonds. The predicted octanol–water partition coefficient (Wildman–Crippen LogP) is 0.892. The van der Waals surface area contributed by atoms with Crippen molar-refractivity contribution >= 4 is 5.91 Å². The van der Waals surface area contributed by atoms with Gasteiger partial charge in [-0.15, -0.1) is 0 Å². The first-order chi connectivity index (χ1) is 8.45. The summed E-state index contributed by atoms with van der Waals surface area (Å²) in [6.45, 7) is 5.63. The number of nitrogens with zero attached hydrogens (tertiary/aromatic N) is 1. The minimum absolute atomic E-state index is 0.0505. The first-order valence-electron chi connectivity index (χ1n) is 6.79. The van der Waals surface area contributed by atoms with Gasteiger partial charge in [0, 0.05) is 30.6 Å². The van der Waals surface area contributed by atoms with E-state index in [2.05, 4.69) is 0 Å². The average Bonchev–Trinajstić information content (AvgIpc) is 2.84. The summed E-state index contributed by atoms with van der Waals surface area (Å²) >= 11 is 0. The molecule has 8 unspecified atom stereocenters. The fraction of sp³-hybridized carbons (Fsp3) is 0.923. The van der Waals surface area contributed by atoms with Crippen molar-refractivity contribution in [1.29, 1.82) is 0 Å². The van der Waals surface area contributed by atoms with Crippen LogP contribution in [0.15, 0.2) is 0 Å². The number of amides is 1. The van der Waals surface area contributed by atoms with Crippen molar-refractivity contribution in [2.24, 2.45) is 23.7 Å². The summed E-state index contributed by atoms with van der Waals surface area (Å²) in [7, 11) is 0. The van der Waals surface area contributed by atoms with E-state index >= 15 is 0 Å². The Morgan fingerprint density at radius 3 is 2.06 bits per heavy atom. The van der Waals surface area contributed by atoms with Gasteiger partial charge in [0.05, 0.1) is 0 Å². The van der Waals surface area contributed by atoms with Crippen LogP contribution in [-0.4, -0.2) is 34.8 Å². The molecule has 0 spiro atoms. The SMILES string of the molecule is CC(=O)N1C2OC3(C)OC4(C)OC1C1CC2C3C14. The van der Waals surface area contributed by atoms with Gasteiger partial charge in [0.2, 0.25) is 5.91 Å². The van der Waals surface area contributed by atoms with Crippen molar-refractivity contribution in [3.8, 4) is 0 Å². The van der Waals surface area contributed by atoms with Gasteiger partial charge < -0.3 is 14.2 Å². The van der Waals surface area contributed by atoms with Gasteiger partial charge in [-0.1, -0.05) is 0 Å². The van der Waals surface area contributed by atoms with Crippen LogP contribution in [0.3, 0.4) is 0 Å². The third-order valence-corrected chi connectivity index (χ3v) is 5.82. The molecule has 0 N–H and O–H groups in total. The van der Waals surface area contributed by atoms with E-state index in [1.165, 1.54) is 0 Å². The van der Waals surface area contributed by atoms with E-state index in [-0.39, 0.29) is 18.4 Å². The lowest BCUT2D eigenvalue weighted by molar-refractivity contribution is -0.359. The molecule has 0 radical (unpaired) electrons. The molecule has 4 aliphatic heterocycles. The molecule has 0 aromatic carbocycles. The van der Waals surface area contributed by atoms with E-state index in [0.717, 1.165) is 6.42 Å². The zero-order valence-corrected chi connectivity index (χ0v) is 10.8. The first kappa shape index (κ1) is 10.2. The number of likely N-dealkylation sites (tertiary alicyclic amines) is 1. The highest BCUT2D eigenvalue weighted by Gasteiger charge is 2.81. The average molecular weight is 251 g/mol. The minimum atomic E-state index is -0.567. The molecular formula is C13H17NO4. The Kier molecular flexibility index (Phi) is 1.41. The summed E-state index contributed by atoms with van der Waals surface area (Å²) in [4.78, 5) is 13.8. The normalized spacial score (nSPS) is 66.3. The molecule has 0 aromatic rings. The lowest BCUT2D eigenvalue weighted by atomic mass is 9.83. The van der Waals surface area contributed by atoms with E-state index < -0.39 is 11.6 Å². The number of rotatable bonds is 0. The van der Waals surface area contributed by atoms with Crippen LogP contribution in [0.2, 0.25) is 0 Å². The molecule has 8 atom stereocenters. The van der Waals surface area contributed by atoms with Gasteiger partial charge in [-0.25, -0.2) is 0 Å². The van der Waals surface area contributed by atoms with Crippen LogP contribution >= 0.6 is 0 Å². The molecule has 5 nitrogen and oxygen atoms in total. The second kappa shape index (κ2) is 2.49. The lowest BCUT2D eigenvalue weighted by Gasteiger charge is -2.44. The van der Waals surface area contributed by atoms with Crippen molar-refractivity contribution in [2.45, 2.75) is 51.2 Å². The van der Waals surface area contributed by atoms with Gasteiger partial charge in [-0.2, -0.15) is 0 Å². The summed E-state index contributed by atoms with van der Waals surface area (Å²) in [5.74, 6) is 0.533. The standard InChI is InChI=1S/C13H17NO4/c1-5(15)14-10-6-4-7-9-8(6)12(2,16-10)18-13(9,3)17-11(7)14/h6-11H,4H2,1-3H3. The van der Waals surface area contributed by atoms with E-state index in [9.17, 15) is 4.79 Å². The molecule has 2 bridgehead atoms. The largest absolute Gasteiger partial charge is 0.326 e. The summed E-state index contributed by atoms with van der Waals surface area (Å²) in [5, 5.41) is 0. The Bertz CT molecular complexity index is 448. The van der Waals surface area contributed by atoms with Gasteiger partial charge in [-0.05, 0) is 20.3 Å². The number of ether oxygens (including phenoxy) is 3. The number of hydrogen-bond donors (Lipinski definition) is 0. The number of piperidine rings is 1. The third kappa shape index (κ3) is 0.788. The van der Waals surface area contributed by atoms with E-state index in [1.807, 2.05) is 18.7 Å². The zero-order chi connectivity index (χ0) is 12.4. The van der Waals surface area contributed by atoms with Gasteiger partial charge in [-0.3, -0.25) is 9.69 Å². The minimum Gasteiger partial charge on any atom is -0.326 e. The van der Waals surface area contributed by atoms with Crippen LogP contribution in [0, 0.1) is 23.7 Å². The van der Waals surface area contributed by atoms with Gasteiger partial charge in [0.15, 0.2) is 11.6 Å². The van der Waals surface area contributed by atoms with Crippen LogP contribution in [0.25, 0.3) is 0 Å². The van der Waals surface area contributed by atoms with E-state index in [4.69, 9.17) is 14.2 Å². The summed E-state index contributed by atoms with van der Waals surface area (Å²) in [6, 6.07) is 0. The first-order valence-corrected chi connectivity index (χ1v) is 6.79. The molecule has 98 valence electrons. The maximum absolute atomic E-state index is 11.9. The number of hydrogen-bond acceptors (Lipinski definition) is 4. The molecule has 4 heterocycles. The van der Waals surface area contributed by atoms with Crippen molar-refractivity contribution in [1.82, 2.24) is 4.90 Å². The molecule has 5 fully saturated rings. The molecule has 4 saturated heterocycles. The topological polar surface area (TPSA) is 48.0 Å². The monoisotopic (exact) mass is 251 g/mol. The van der Waals surface area contributed by atoms with Gasteiger partial charge in [0.1, 0.15) is 12.5 Å². The Labute approximate surface area is 105 Å². The highest BCUT2D eigenvalue weighted by atomic mass is 16.8. The Hall–Kier alpha value is -0.650. The second-order valence-electron chi connectivity index (χ2n) is 6.69. The maximum atomic E-state index is 11.9. The van der Waals surface area contributed by atoms with E-state index in [1.54, 1.807) is 6.92 Å². The van der Waals surface area contributed by atoms with Crippen LogP contribution in [-0.2, 0) is 19.0 Å². The Balaban J connectivity index is 1.75. The molecule has 5 aliphatic rings. The van der Waals surface area contributed by atoms with Crippen molar-refractivity contribution in [3.63, 3.8) is 0 Å². The van der Waals surface area contributed by atoms with Gasteiger partial charge in [0.25, 0.3) is 0 Å². The van der Waals surface area contributed by atoms with Crippen LogP contribution < -0.4 is 0 Å². The zero-order valence-electron chi connectivity index (χ0n) is 10.8. The highest BCUT2D eigenvalue weighted by Crippen LogP contribution is 2.72. The Morgan fingerprint density at radius 1 is 1.11 bits per heavy atom. The number of carbonyl (C=O) groups is 1. The van der Waals surface area contributed by atoms with Crippen molar-refractivity contribution < 1.29 is 19.0 Å². The highest BCUT2D eigenvalue weighted by molar-refractivity contribution is 5.74. The van der Waals surface area contributed by atoms with Crippen LogP contribution in [0.5, 0.6) is 0 Å². The van der Waals surface area contributed by atoms with Crippen molar-refractivity contribution in [2.75, 3.05) is 0 Å². The molecule has 1 saturated carbocycles. The molecule has 0 aromatic heterocycles. The van der Waals surface area contributed by atoms with E-state index in [0.29, 0.717) is 23.7 Å². The molecular weight excluding hydrogens is 234 g/mol. The fourth-order valence-corrected chi connectivity index (χ4v) is 5.59. The summed E-state index contributed by atoms with van der Waals surface area (Å²) in [6.07, 6.45) is 0.824. The predicted molar refractivity (Wildman–Crippen MR) is 58.7 cm³/mol.